The number of nitrogens with zero attached hydrogens (tertiary/aromatic N) is 3. The van der Waals surface area contributed by atoms with Gasteiger partial charge in [-0.15, -0.1) is 10.2 Å². The molecule has 94 valence electrons. The molecule has 0 unspecified atom stereocenters. The summed E-state index contributed by atoms with van der Waals surface area (Å²) < 4.78 is 15.6. The van der Waals surface area contributed by atoms with Gasteiger partial charge in [0.05, 0.1) is 10.4 Å². The zero-order valence-corrected chi connectivity index (χ0v) is 11.7. The number of hydrogen-bond acceptors (Lipinski definition) is 2. The van der Waals surface area contributed by atoms with Crippen LogP contribution in [0.4, 0.5) is 4.39 Å². The van der Waals surface area contributed by atoms with Crippen LogP contribution in [0, 0.1) is 5.82 Å². The summed E-state index contributed by atoms with van der Waals surface area (Å²) >= 11 is 9.40. The second-order valence-electron chi connectivity index (χ2n) is 4.28. The topological polar surface area (TPSA) is 30.7 Å². The van der Waals surface area contributed by atoms with E-state index in [9.17, 15) is 4.39 Å². The van der Waals surface area contributed by atoms with Crippen LogP contribution in [0.15, 0.2) is 18.2 Å². The Hall–Kier alpha value is -0.940. The third-order valence-corrected chi connectivity index (χ3v) is 3.88. The Kier molecular flexibility index (Phi) is 3.11. The van der Waals surface area contributed by atoms with Crippen LogP contribution < -0.4 is 0 Å². The van der Waals surface area contributed by atoms with Crippen LogP contribution in [0.25, 0.3) is 11.4 Å². The van der Waals surface area contributed by atoms with Gasteiger partial charge in [-0.05, 0) is 25.0 Å². The molecule has 18 heavy (non-hydrogen) atoms. The molecule has 2 aromatic rings. The minimum Gasteiger partial charge on any atom is -0.307 e. The highest BCUT2D eigenvalue weighted by Crippen LogP contribution is 2.40. The predicted octanol–water partition coefficient (Wildman–Crippen LogP) is 3.97. The summed E-state index contributed by atoms with van der Waals surface area (Å²) in [6, 6.07) is 5.17. The van der Waals surface area contributed by atoms with E-state index in [0.29, 0.717) is 22.8 Å². The minimum atomic E-state index is -0.431. The van der Waals surface area contributed by atoms with E-state index in [-0.39, 0.29) is 5.02 Å². The van der Waals surface area contributed by atoms with Gasteiger partial charge in [0, 0.05) is 11.6 Å². The summed E-state index contributed by atoms with van der Waals surface area (Å²) in [5.41, 5.74) is 0.600. The van der Waals surface area contributed by atoms with Crippen molar-refractivity contribution in [3.05, 3.63) is 34.9 Å². The molecule has 0 spiro atoms. The van der Waals surface area contributed by atoms with E-state index in [2.05, 4.69) is 30.7 Å². The zero-order chi connectivity index (χ0) is 12.7. The molecule has 0 aliphatic heterocycles. The molecule has 1 aromatic carbocycles. The fraction of sp³-hybridized carbons (Fsp3) is 0.333. The molecule has 1 fully saturated rings. The van der Waals surface area contributed by atoms with Gasteiger partial charge in [-0.25, -0.2) is 4.39 Å². The number of aromatic nitrogens is 3. The van der Waals surface area contributed by atoms with Gasteiger partial charge < -0.3 is 4.57 Å². The summed E-state index contributed by atoms with van der Waals surface area (Å²) in [6.07, 6.45) is 2.22. The Morgan fingerprint density at radius 3 is 2.83 bits per heavy atom. The van der Waals surface area contributed by atoms with E-state index in [1.165, 1.54) is 6.07 Å². The van der Waals surface area contributed by atoms with Crippen molar-refractivity contribution in [2.24, 2.45) is 0 Å². The fourth-order valence-corrected chi connectivity index (χ4v) is 2.58. The maximum atomic E-state index is 13.5. The van der Waals surface area contributed by atoms with E-state index in [1.54, 1.807) is 12.1 Å². The molecular weight excluding hydrogens is 321 g/mol. The van der Waals surface area contributed by atoms with Crippen molar-refractivity contribution in [3.8, 4) is 11.4 Å². The second kappa shape index (κ2) is 4.63. The second-order valence-corrected chi connectivity index (χ2v) is 5.21. The molecule has 0 saturated heterocycles. The summed E-state index contributed by atoms with van der Waals surface area (Å²) in [7, 11) is 0. The zero-order valence-electron chi connectivity index (χ0n) is 9.41. The van der Waals surface area contributed by atoms with Crippen molar-refractivity contribution in [1.82, 2.24) is 14.8 Å². The molecule has 0 amide bonds. The molecule has 3 rings (SSSR count). The SMILES string of the molecule is Fc1cccc(-c2nnc(CBr)n2C2CC2)c1Cl. The Morgan fingerprint density at radius 1 is 1.39 bits per heavy atom. The average Bonchev–Trinajstić information content (AvgIpc) is 3.12. The maximum Gasteiger partial charge on any atom is 0.165 e. The van der Waals surface area contributed by atoms with E-state index in [4.69, 9.17) is 11.6 Å². The first-order chi connectivity index (χ1) is 8.72. The lowest BCUT2D eigenvalue weighted by molar-refractivity contribution is 0.628. The van der Waals surface area contributed by atoms with Crippen molar-refractivity contribution >= 4 is 27.5 Å². The molecule has 0 N–H and O–H groups in total. The molecule has 1 saturated carbocycles. The largest absolute Gasteiger partial charge is 0.307 e. The highest BCUT2D eigenvalue weighted by atomic mass is 79.9. The monoisotopic (exact) mass is 329 g/mol. The number of hydrogen-bond donors (Lipinski definition) is 0. The molecule has 1 aliphatic carbocycles. The van der Waals surface area contributed by atoms with Gasteiger partial charge in [-0.2, -0.15) is 0 Å². The van der Waals surface area contributed by atoms with Crippen molar-refractivity contribution in [2.75, 3.05) is 0 Å². The molecule has 0 radical (unpaired) electrons. The Labute approximate surface area is 117 Å². The highest BCUT2D eigenvalue weighted by molar-refractivity contribution is 9.08. The summed E-state index contributed by atoms with van der Waals surface area (Å²) in [5, 5.41) is 9.01. The third kappa shape index (κ3) is 1.95. The highest BCUT2D eigenvalue weighted by Gasteiger charge is 2.30. The van der Waals surface area contributed by atoms with Crippen LogP contribution in [0.1, 0.15) is 24.7 Å². The van der Waals surface area contributed by atoms with Crippen molar-refractivity contribution in [2.45, 2.75) is 24.2 Å². The fourth-order valence-electron chi connectivity index (χ4n) is 1.99. The molecule has 1 aromatic heterocycles. The Bertz CT molecular complexity index is 595. The van der Waals surface area contributed by atoms with Gasteiger partial charge in [0.1, 0.15) is 11.6 Å². The van der Waals surface area contributed by atoms with Crippen LogP contribution in [0.2, 0.25) is 5.02 Å². The maximum absolute atomic E-state index is 13.5. The molecule has 1 heterocycles. The normalized spacial score (nSPS) is 15.1. The van der Waals surface area contributed by atoms with Crippen LogP contribution in [0.5, 0.6) is 0 Å². The number of benzene rings is 1. The van der Waals surface area contributed by atoms with E-state index < -0.39 is 5.82 Å². The van der Waals surface area contributed by atoms with Gasteiger partial charge in [0.25, 0.3) is 0 Å². The van der Waals surface area contributed by atoms with Gasteiger partial charge in [0.15, 0.2) is 5.82 Å². The van der Waals surface area contributed by atoms with Gasteiger partial charge >= 0.3 is 0 Å². The quantitative estimate of drug-likeness (QED) is 0.797. The lowest BCUT2D eigenvalue weighted by Gasteiger charge is -2.09. The molecule has 1 aliphatic rings. The van der Waals surface area contributed by atoms with Crippen LogP contribution >= 0.6 is 27.5 Å². The molecular formula is C12H10BrClFN3. The minimum absolute atomic E-state index is 0.105. The summed E-state index contributed by atoms with van der Waals surface area (Å²) in [6.45, 7) is 0. The predicted molar refractivity (Wildman–Crippen MR) is 71.3 cm³/mol. The molecule has 3 nitrogen and oxygen atoms in total. The van der Waals surface area contributed by atoms with Crippen LogP contribution in [-0.2, 0) is 5.33 Å². The van der Waals surface area contributed by atoms with Gasteiger partial charge in [-0.3, -0.25) is 0 Å². The summed E-state index contributed by atoms with van der Waals surface area (Å²) in [4.78, 5) is 0. The average molecular weight is 331 g/mol. The first-order valence-corrected chi connectivity index (χ1v) is 7.16. The van der Waals surface area contributed by atoms with Crippen molar-refractivity contribution in [1.29, 1.82) is 0 Å². The smallest absolute Gasteiger partial charge is 0.165 e. The Balaban J connectivity index is 2.17. The van der Waals surface area contributed by atoms with Gasteiger partial charge in [-0.1, -0.05) is 33.6 Å². The summed E-state index contributed by atoms with van der Waals surface area (Å²) in [5.74, 6) is 1.07. The standard InChI is InChI=1S/C12H10BrClFN3/c13-6-10-16-17-12(18(10)7-4-5-7)8-2-1-3-9(15)11(8)14/h1-3,7H,4-6H2. The first kappa shape index (κ1) is 12.1. The number of rotatable bonds is 3. The van der Waals surface area contributed by atoms with E-state index >= 15 is 0 Å². The van der Waals surface area contributed by atoms with Gasteiger partial charge in [0.2, 0.25) is 0 Å². The number of alkyl halides is 1. The van der Waals surface area contributed by atoms with E-state index in [0.717, 1.165) is 18.7 Å². The van der Waals surface area contributed by atoms with E-state index in [1.807, 2.05) is 0 Å². The Morgan fingerprint density at radius 2 is 2.17 bits per heavy atom. The van der Waals surface area contributed by atoms with Crippen LogP contribution in [0.3, 0.4) is 0 Å². The van der Waals surface area contributed by atoms with Crippen LogP contribution in [-0.4, -0.2) is 14.8 Å². The molecule has 6 heteroatoms. The van der Waals surface area contributed by atoms with Crippen molar-refractivity contribution in [3.63, 3.8) is 0 Å². The molecule has 0 atom stereocenters. The number of halogens is 3. The molecule has 0 bridgehead atoms. The van der Waals surface area contributed by atoms with Crippen molar-refractivity contribution < 1.29 is 4.39 Å². The lowest BCUT2D eigenvalue weighted by Crippen LogP contribution is -2.02. The lowest BCUT2D eigenvalue weighted by atomic mass is 10.2. The third-order valence-electron chi connectivity index (χ3n) is 2.99. The first-order valence-electron chi connectivity index (χ1n) is 5.66.